The zero-order valence-corrected chi connectivity index (χ0v) is 16.1. The van der Waals surface area contributed by atoms with E-state index in [4.69, 9.17) is 4.74 Å². The van der Waals surface area contributed by atoms with Gasteiger partial charge in [-0.2, -0.15) is 0 Å². The van der Waals surface area contributed by atoms with Crippen LogP contribution in [0.25, 0.3) is 11.0 Å². The molecule has 4 heteroatoms. The molecule has 0 bridgehead atoms. The number of aryl methyl sites for hydroxylation is 3. The third-order valence-electron chi connectivity index (χ3n) is 4.58. The summed E-state index contributed by atoms with van der Waals surface area (Å²) in [4.78, 5) is 4.63. The molecule has 3 rings (SSSR count). The molecule has 1 N–H and O–H groups in total. The van der Waals surface area contributed by atoms with Crippen LogP contribution in [0.1, 0.15) is 43.6 Å². The molecule has 3 aromatic rings. The Hall–Kier alpha value is -2.33. The zero-order chi connectivity index (χ0) is 18.7. The van der Waals surface area contributed by atoms with Gasteiger partial charge in [-0.05, 0) is 69.9 Å². The lowest BCUT2D eigenvalue weighted by Crippen LogP contribution is -2.22. The summed E-state index contributed by atoms with van der Waals surface area (Å²) in [6.45, 7) is 9.23. The molecule has 138 valence electrons. The van der Waals surface area contributed by atoms with Gasteiger partial charge in [-0.25, -0.2) is 4.98 Å². The van der Waals surface area contributed by atoms with Crippen LogP contribution in [0.3, 0.4) is 0 Å². The normalized spacial score (nSPS) is 11.9. The molecule has 0 unspecified atom stereocenters. The Morgan fingerprint density at radius 2 is 1.85 bits per heavy atom. The quantitative estimate of drug-likeness (QED) is 0.625. The number of para-hydroxylation sites is 2. The van der Waals surface area contributed by atoms with Crippen molar-refractivity contribution in [2.45, 2.75) is 52.7 Å². The molecule has 2 aromatic carbocycles. The Labute approximate surface area is 155 Å². The Kier molecular flexibility index (Phi) is 5.33. The molecule has 1 heterocycles. The van der Waals surface area contributed by atoms with Crippen LogP contribution in [-0.4, -0.2) is 21.3 Å². The van der Waals surface area contributed by atoms with Crippen LogP contribution in [0.4, 0.5) is 0 Å². The molecule has 0 fully saturated rings. The largest absolute Gasteiger partial charge is 0.493 e. The van der Waals surface area contributed by atoms with E-state index in [1.54, 1.807) is 13.8 Å². The van der Waals surface area contributed by atoms with E-state index in [0.717, 1.165) is 36.2 Å². The van der Waals surface area contributed by atoms with Gasteiger partial charge in [-0.3, -0.25) is 0 Å². The Morgan fingerprint density at radius 3 is 2.62 bits per heavy atom. The van der Waals surface area contributed by atoms with E-state index in [1.807, 2.05) is 18.2 Å². The summed E-state index contributed by atoms with van der Waals surface area (Å²) in [5.74, 6) is 1.68. The predicted octanol–water partition coefficient (Wildman–Crippen LogP) is 4.74. The third-order valence-corrected chi connectivity index (χ3v) is 4.58. The van der Waals surface area contributed by atoms with E-state index in [-0.39, 0.29) is 0 Å². The minimum atomic E-state index is -0.964. The van der Waals surface area contributed by atoms with Gasteiger partial charge in [0, 0.05) is 6.54 Å². The fourth-order valence-corrected chi connectivity index (χ4v) is 3.19. The van der Waals surface area contributed by atoms with Gasteiger partial charge in [0.05, 0.1) is 17.6 Å². The van der Waals surface area contributed by atoms with Gasteiger partial charge in [0.15, 0.2) is 0 Å². The summed E-state index contributed by atoms with van der Waals surface area (Å²) >= 11 is 0. The maximum Gasteiger partial charge on any atom is 0.141 e. The van der Waals surface area contributed by atoms with E-state index in [0.29, 0.717) is 12.4 Å². The molecule has 1 aromatic heterocycles. The van der Waals surface area contributed by atoms with Crippen molar-refractivity contribution in [3.8, 4) is 5.75 Å². The average molecular weight is 352 g/mol. The van der Waals surface area contributed by atoms with E-state index >= 15 is 0 Å². The monoisotopic (exact) mass is 352 g/mol. The Bertz CT molecular complexity index is 891. The van der Waals surface area contributed by atoms with Crippen molar-refractivity contribution in [2.24, 2.45) is 0 Å². The molecular formula is C22H28N2O2. The first-order chi connectivity index (χ1) is 12.4. The van der Waals surface area contributed by atoms with Crippen LogP contribution in [0.15, 0.2) is 42.5 Å². The molecule has 0 saturated carbocycles. The van der Waals surface area contributed by atoms with E-state index < -0.39 is 5.60 Å². The second-order valence-corrected chi connectivity index (χ2v) is 7.46. The lowest BCUT2D eigenvalue weighted by molar-refractivity contribution is 0.0650. The number of benzene rings is 2. The smallest absolute Gasteiger partial charge is 0.141 e. The van der Waals surface area contributed by atoms with Crippen LogP contribution in [0, 0.1) is 13.8 Å². The van der Waals surface area contributed by atoms with Crippen molar-refractivity contribution in [1.82, 2.24) is 9.55 Å². The van der Waals surface area contributed by atoms with Crippen molar-refractivity contribution in [3.05, 3.63) is 59.4 Å². The third kappa shape index (κ3) is 4.07. The number of nitrogens with zero attached hydrogens (tertiary/aromatic N) is 2. The van der Waals surface area contributed by atoms with Crippen molar-refractivity contribution in [2.75, 3.05) is 6.61 Å². The van der Waals surface area contributed by atoms with Crippen LogP contribution in [-0.2, 0) is 12.1 Å². The summed E-state index contributed by atoms with van der Waals surface area (Å²) in [5, 5.41) is 10.5. The lowest BCUT2D eigenvalue weighted by atomic mass is 10.1. The molecule has 0 spiro atoms. The number of hydrogen-bond acceptors (Lipinski definition) is 3. The van der Waals surface area contributed by atoms with Gasteiger partial charge in [0.2, 0.25) is 0 Å². The van der Waals surface area contributed by atoms with Crippen LogP contribution in [0.2, 0.25) is 0 Å². The van der Waals surface area contributed by atoms with Gasteiger partial charge in [-0.15, -0.1) is 0 Å². The summed E-state index contributed by atoms with van der Waals surface area (Å²) in [6.07, 6.45) is 1.92. The minimum Gasteiger partial charge on any atom is -0.493 e. The molecule has 0 aliphatic heterocycles. The maximum absolute atomic E-state index is 10.5. The molecular weight excluding hydrogens is 324 g/mol. The molecule has 0 aliphatic rings. The standard InChI is InChI=1S/C22H28N2O2/c1-16-11-12-17(2)20(15-16)26-14-8-7-13-24-19-10-6-5-9-18(19)23-21(24)22(3,4)25/h5-6,9-12,15,25H,7-8,13-14H2,1-4H3. The highest BCUT2D eigenvalue weighted by Crippen LogP contribution is 2.25. The van der Waals surface area contributed by atoms with E-state index in [9.17, 15) is 5.11 Å². The van der Waals surface area contributed by atoms with Crippen molar-refractivity contribution in [1.29, 1.82) is 0 Å². The first-order valence-electron chi connectivity index (χ1n) is 9.24. The molecule has 0 saturated heterocycles. The fourth-order valence-electron chi connectivity index (χ4n) is 3.19. The highest BCUT2D eigenvalue weighted by molar-refractivity contribution is 5.76. The van der Waals surface area contributed by atoms with E-state index in [1.165, 1.54) is 11.1 Å². The maximum atomic E-state index is 10.5. The fraction of sp³-hybridized carbons (Fsp3) is 0.409. The molecule has 0 atom stereocenters. The predicted molar refractivity (Wildman–Crippen MR) is 106 cm³/mol. The zero-order valence-electron chi connectivity index (χ0n) is 16.1. The molecule has 4 nitrogen and oxygen atoms in total. The van der Waals surface area contributed by atoms with Crippen LogP contribution in [0.5, 0.6) is 5.75 Å². The number of aromatic nitrogens is 2. The molecule has 26 heavy (non-hydrogen) atoms. The van der Waals surface area contributed by atoms with Crippen LogP contribution >= 0.6 is 0 Å². The Balaban J connectivity index is 1.64. The van der Waals surface area contributed by atoms with Crippen molar-refractivity contribution < 1.29 is 9.84 Å². The number of ether oxygens (including phenoxy) is 1. The summed E-state index contributed by atoms with van der Waals surface area (Å²) in [5.41, 5.74) is 3.41. The number of unbranched alkanes of at least 4 members (excludes halogenated alkanes) is 1. The SMILES string of the molecule is Cc1ccc(C)c(OCCCCn2c(C(C)(C)O)nc3ccccc32)c1. The topological polar surface area (TPSA) is 47.3 Å². The molecule has 0 radical (unpaired) electrons. The highest BCUT2D eigenvalue weighted by atomic mass is 16.5. The molecule has 0 aliphatic carbocycles. The second kappa shape index (κ2) is 7.50. The number of aliphatic hydroxyl groups is 1. The van der Waals surface area contributed by atoms with Crippen molar-refractivity contribution >= 4 is 11.0 Å². The van der Waals surface area contributed by atoms with Crippen LogP contribution < -0.4 is 4.74 Å². The number of imidazole rings is 1. The second-order valence-electron chi connectivity index (χ2n) is 7.46. The Morgan fingerprint density at radius 1 is 1.08 bits per heavy atom. The highest BCUT2D eigenvalue weighted by Gasteiger charge is 2.24. The number of hydrogen-bond donors (Lipinski definition) is 1. The summed E-state index contributed by atoms with van der Waals surface area (Å²) in [7, 11) is 0. The first kappa shape index (κ1) is 18.5. The number of fused-ring (bicyclic) bond motifs is 1. The summed E-state index contributed by atoms with van der Waals surface area (Å²) < 4.78 is 8.08. The lowest BCUT2D eigenvalue weighted by Gasteiger charge is -2.19. The summed E-state index contributed by atoms with van der Waals surface area (Å²) in [6, 6.07) is 14.3. The van der Waals surface area contributed by atoms with Gasteiger partial charge in [-0.1, -0.05) is 24.3 Å². The van der Waals surface area contributed by atoms with Gasteiger partial charge in [0.25, 0.3) is 0 Å². The van der Waals surface area contributed by atoms with Crippen molar-refractivity contribution in [3.63, 3.8) is 0 Å². The van der Waals surface area contributed by atoms with Gasteiger partial charge in [0.1, 0.15) is 17.2 Å². The number of rotatable bonds is 7. The average Bonchev–Trinajstić information content (AvgIpc) is 2.97. The van der Waals surface area contributed by atoms with E-state index in [2.05, 4.69) is 47.7 Å². The van der Waals surface area contributed by atoms with Gasteiger partial charge >= 0.3 is 0 Å². The van der Waals surface area contributed by atoms with Gasteiger partial charge < -0.3 is 14.4 Å². The first-order valence-corrected chi connectivity index (χ1v) is 9.24. The molecule has 0 amide bonds. The minimum absolute atomic E-state index is 0.689.